The van der Waals surface area contributed by atoms with E-state index >= 15 is 0 Å². The van der Waals surface area contributed by atoms with Crippen LogP contribution in [0.3, 0.4) is 0 Å². The Kier molecular flexibility index (Phi) is 7.96. The number of aryl methyl sites for hydroxylation is 3. The zero-order chi connectivity index (χ0) is 30.9. The maximum atomic E-state index is 5.21. The number of aliphatic imine (C=N–C) groups is 3. The molecule has 3 aliphatic heterocycles. The molecule has 0 atom stereocenters. The van der Waals surface area contributed by atoms with Crippen LogP contribution in [-0.2, 0) is 0 Å². The van der Waals surface area contributed by atoms with Gasteiger partial charge in [0.2, 0.25) is 0 Å². The van der Waals surface area contributed by atoms with Gasteiger partial charge < -0.3 is 0 Å². The van der Waals surface area contributed by atoms with Crippen molar-refractivity contribution in [2.24, 2.45) is 15.0 Å². The van der Waals surface area contributed by atoms with E-state index in [2.05, 4.69) is 116 Å². The van der Waals surface area contributed by atoms with Crippen LogP contribution < -0.4 is 3.40 Å². The summed E-state index contributed by atoms with van der Waals surface area (Å²) in [6.07, 6.45) is 18.0. The summed E-state index contributed by atoms with van der Waals surface area (Å²) in [6.45, 7) is 6.58. The third-order valence-corrected chi connectivity index (χ3v) is 9.55. The molecule has 3 aliphatic rings. The van der Waals surface area contributed by atoms with Gasteiger partial charge in [-0.25, -0.2) is 0 Å². The van der Waals surface area contributed by atoms with Crippen molar-refractivity contribution in [3.05, 3.63) is 166 Å². The maximum absolute atomic E-state index is 5.21. The van der Waals surface area contributed by atoms with E-state index in [1.165, 1.54) is 47.9 Å². The zero-order valence-corrected chi connectivity index (χ0v) is 28.9. The average Bonchev–Trinajstić information content (AvgIpc) is 3.85. The molecule has 216 valence electrons. The van der Waals surface area contributed by atoms with Gasteiger partial charge in [-0.3, -0.25) is 4.99 Å². The second-order valence-electron chi connectivity index (χ2n) is 11.3. The van der Waals surface area contributed by atoms with Gasteiger partial charge in [-0.2, -0.15) is 0 Å². The average molecular weight is 777 g/mol. The molecule has 4 nitrogen and oxygen atoms in total. The van der Waals surface area contributed by atoms with Crippen LogP contribution in [0.1, 0.15) is 27.9 Å². The van der Waals surface area contributed by atoms with Crippen LogP contribution in [0.15, 0.2) is 153 Å². The normalized spacial score (nSPS) is 18.0. The quantitative estimate of drug-likeness (QED) is 0.192. The molecule has 0 amide bonds. The monoisotopic (exact) mass is 776 g/mol. The molecule has 3 aromatic carbocycles. The van der Waals surface area contributed by atoms with Crippen molar-refractivity contribution in [1.82, 2.24) is 4.98 Å². The third-order valence-electron chi connectivity index (χ3n) is 8.24. The fraction of sp³-hybridized carbons (Fsp3) is 0.0750. The third kappa shape index (κ3) is 5.77. The van der Waals surface area contributed by atoms with Gasteiger partial charge >= 0.3 is 252 Å². The fourth-order valence-electron chi connectivity index (χ4n) is 6.02. The SMILES string of the molecule is Cc1ccccc1C(=C1C=CC(C=C2C=CC(C=C3C=CC=N3)=N2)=N1)c1[nH][c]([Bi])c(-c2ccccc2C)c1-c1ccccc1C. The number of nitrogens with one attached hydrogen (secondary N) is 1. The van der Waals surface area contributed by atoms with Crippen LogP contribution in [0.25, 0.3) is 27.8 Å². The summed E-state index contributed by atoms with van der Waals surface area (Å²) < 4.78 is 1.24. The first-order valence-electron chi connectivity index (χ1n) is 15.0. The summed E-state index contributed by atoms with van der Waals surface area (Å²) in [7, 11) is 0. The summed E-state index contributed by atoms with van der Waals surface area (Å²) in [5.74, 6) is 0. The number of allylic oxidation sites excluding steroid dienone is 8. The molecule has 2 radical (unpaired) electrons. The van der Waals surface area contributed by atoms with Gasteiger partial charge in [-0.05, 0) is 12.2 Å². The minimum atomic E-state index is 0.873. The number of aromatic amines is 1. The van der Waals surface area contributed by atoms with Gasteiger partial charge in [0.15, 0.2) is 0 Å². The van der Waals surface area contributed by atoms with Crippen molar-refractivity contribution in [2.45, 2.75) is 20.8 Å². The van der Waals surface area contributed by atoms with E-state index in [0.29, 0.717) is 0 Å². The van der Waals surface area contributed by atoms with E-state index < -0.39 is 0 Å². The Morgan fingerprint density at radius 2 is 1.27 bits per heavy atom. The van der Waals surface area contributed by atoms with Gasteiger partial charge in [-0.15, -0.1) is 0 Å². The minimum absolute atomic E-state index is 0.873. The summed E-state index contributed by atoms with van der Waals surface area (Å²) >= 11 is 1.13. The molecule has 0 aliphatic carbocycles. The molecule has 45 heavy (non-hydrogen) atoms. The molecule has 1 aromatic heterocycles. The number of H-pyrrole nitrogens is 1. The summed E-state index contributed by atoms with van der Waals surface area (Å²) in [6, 6.07) is 26.0. The molecule has 0 saturated carbocycles. The Morgan fingerprint density at radius 3 is 1.96 bits per heavy atom. The molecule has 0 fully saturated rings. The van der Waals surface area contributed by atoms with Crippen molar-refractivity contribution in [2.75, 3.05) is 0 Å². The topological polar surface area (TPSA) is 52.9 Å². The van der Waals surface area contributed by atoms with Crippen LogP contribution in [0.5, 0.6) is 0 Å². The van der Waals surface area contributed by atoms with Crippen LogP contribution in [0.4, 0.5) is 0 Å². The Bertz CT molecular complexity index is 2130. The van der Waals surface area contributed by atoms with Crippen molar-refractivity contribution in [3.8, 4) is 22.3 Å². The van der Waals surface area contributed by atoms with Crippen molar-refractivity contribution in [3.63, 3.8) is 0 Å². The van der Waals surface area contributed by atoms with Crippen molar-refractivity contribution >= 4 is 51.3 Å². The first-order chi connectivity index (χ1) is 22.0. The number of hydrogen-bond donors (Lipinski definition) is 1. The van der Waals surface area contributed by atoms with Crippen LogP contribution in [0, 0.1) is 20.8 Å². The molecule has 0 saturated heterocycles. The standard InChI is InChI=1S/C40H31N4.Bi/c1-26-11-4-7-15-33(26)36-25-42-40(38(36)34-16-8-5-12-27(34)2)39(35-17-9-6-13-28(35)3)37-21-20-32(44-37)24-31-19-18-30(43-31)23-29-14-10-22-41-29;/h4-24,42H,1-3H3;. The summed E-state index contributed by atoms with van der Waals surface area (Å²) in [5, 5.41) is 0. The molecule has 0 spiro atoms. The van der Waals surface area contributed by atoms with Gasteiger partial charge in [0.1, 0.15) is 0 Å². The molecule has 1 N–H and O–H groups in total. The van der Waals surface area contributed by atoms with Gasteiger partial charge in [0.25, 0.3) is 0 Å². The number of benzene rings is 3. The fourth-order valence-corrected chi connectivity index (χ4v) is 7.36. The van der Waals surface area contributed by atoms with Gasteiger partial charge in [0, 0.05) is 6.21 Å². The van der Waals surface area contributed by atoms with Crippen molar-refractivity contribution in [1.29, 1.82) is 0 Å². The molecule has 4 heterocycles. The van der Waals surface area contributed by atoms with E-state index in [-0.39, 0.29) is 0 Å². The Morgan fingerprint density at radius 1 is 0.644 bits per heavy atom. The van der Waals surface area contributed by atoms with Gasteiger partial charge in [-0.1, -0.05) is 0 Å². The Balaban J connectivity index is 1.43. The van der Waals surface area contributed by atoms with E-state index in [0.717, 1.165) is 64.5 Å². The van der Waals surface area contributed by atoms with E-state index in [9.17, 15) is 0 Å². The second kappa shape index (κ2) is 12.3. The molecule has 5 heteroatoms. The van der Waals surface area contributed by atoms with Crippen LogP contribution in [-0.4, -0.2) is 47.3 Å². The van der Waals surface area contributed by atoms with E-state index in [1.807, 2.05) is 36.5 Å². The van der Waals surface area contributed by atoms with Gasteiger partial charge in [0.05, 0.1) is 5.70 Å². The number of aromatic nitrogens is 1. The summed E-state index contributed by atoms with van der Waals surface area (Å²) in [5.41, 5.74) is 16.5. The molecule has 0 unspecified atom stereocenters. The van der Waals surface area contributed by atoms with Crippen LogP contribution >= 0.6 is 0 Å². The van der Waals surface area contributed by atoms with Crippen molar-refractivity contribution < 1.29 is 0 Å². The second-order valence-corrected chi connectivity index (χ2v) is 13.1. The molecular formula is C40H31BiN4. The first-order valence-corrected chi connectivity index (χ1v) is 16.8. The Hall–Kier alpha value is -4.73. The van der Waals surface area contributed by atoms with Crippen LogP contribution in [0.2, 0.25) is 0 Å². The molecule has 4 aromatic rings. The predicted octanol–water partition coefficient (Wildman–Crippen LogP) is 8.26. The molecule has 7 rings (SSSR count). The van der Waals surface area contributed by atoms with E-state index in [1.54, 1.807) is 6.21 Å². The number of rotatable bonds is 6. The Labute approximate surface area is 279 Å². The summed E-state index contributed by atoms with van der Waals surface area (Å²) in [4.78, 5) is 18.2. The molecular weight excluding hydrogens is 745 g/mol. The number of nitrogens with zero attached hydrogens (tertiary/aromatic N) is 3. The number of hydrogen-bond acceptors (Lipinski definition) is 3. The molecule has 0 bridgehead atoms. The predicted molar refractivity (Wildman–Crippen MR) is 191 cm³/mol. The zero-order valence-electron chi connectivity index (χ0n) is 25.4. The first kappa shape index (κ1) is 29.0. The van der Waals surface area contributed by atoms with E-state index in [4.69, 9.17) is 9.98 Å².